The normalized spacial score (nSPS) is 20.3. The maximum Gasteiger partial charge on any atom is 0.224 e. The van der Waals surface area contributed by atoms with Crippen LogP contribution in [-0.2, 0) is 4.79 Å². The topological polar surface area (TPSA) is 29.1 Å². The first kappa shape index (κ1) is 17.9. The highest BCUT2D eigenvalue weighted by Crippen LogP contribution is 2.38. The van der Waals surface area contributed by atoms with E-state index in [1.807, 2.05) is 0 Å². The number of anilines is 1. The van der Waals surface area contributed by atoms with Gasteiger partial charge in [-0.2, -0.15) is 0 Å². The van der Waals surface area contributed by atoms with Gasteiger partial charge in [0, 0.05) is 17.1 Å². The highest BCUT2D eigenvalue weighted by Gasteiger charge is 2.25. The van der Waals surface area contributed by atoms with Gasteiger partial charge < -0.3 is 5.32 Å². The maximum absolute atomic E-state index is 14.0. The van der Waals surface area contributed by atoms with Gasteiger partial charge in [0.05, 0.1) is 0 Å². The van der Waals surface area contributed by atoms with Gasteiger partial charge in [-0.1, -0.05) is 17.7 Å². The number of benzene rings is 2. The van der Waals surface area contributed by atoms with Crippen molar-refractivity contribution in [3.05, 3.63) is 64.7 Å². The summed E-state index contributed by atoms with van der Waals surface area (Å²) in [7, 11) is 0. The van der Waals surface area contributed by atoms with Crippen molar-refractivity contribution in [3.8, 4) is 0 Å². The molecule has 0 aliphatic heterocycles. The zero-order chi connectivity index (χ0) is 17.8. The van der Waals surface area contributed by atoms with Crippen molar-refractivity contribution in [1.82, 2.24) is 0 Å². The Hall–Kier alpha value is -1.94. The predicted octanol–water partition coefficient (Wildman–Crippen LogP) is 5.92. The third-order valence-electron chi connectivity index (χ3n) is 4.85. The van der Waals surface area contributed by atoms with Crippen molar-refractivity contribution in [2.45, 2.75) is 38.0 Å². The molecule has 3 rings (SSSR count). The van der Waals surface area contributed by atoms with Crippen LogP contribution in [0.1, 0.15) is 43.6 Å². The van der Waals surface area contributed by atoms with Crippen LogP contribution in [0.15, 0.2) is 42.5 Å². The number of amides is 1. The van der Waals surface area contributed by atoms with Gasteiger partial charge in [0.15, 0.2) is 0 Å². The third kappa shape index (κ3) is 4.79. The minimum atomic E-state index is -0.328. The van der Waals surface area contributed by atoms with E-state index in [9.17, 15) is 13.6 Å². The molecule has 1 amide bonds. The molecule has 1 aliphatic carbocycles. The summed E-state index contributed by atoms with van der Waals surface area (Å²) in [5.41, 5.74) is 1.32. The predicted molar refractivity (Wildman–Crippen MR) is 95.8 cm³/mol. The van der Waals surface area contributed by atoms with E-state index in [1.54, 1.807) is 24.3 Å². The van der Waals surface area contributed by atoms with Crippen molar-refractivity contribution in [2.24, 2.45) is 5.92 Å². The number of nitrogens with one attached hydrogen (secondary N) is 1. The summed E-state index contributed by atoms with van der Waals surface area (Å²) < 4.78 is 26.9. The molecule has 0 heterocycles. The molecule has 0 aromatic heterocycles. The molecule has 25 heavy (non-hydrogen) atoms. The van der Waals surface area contributed by atoms with E-state index >= 15 is 0 Å². The van der Waals surface area contributed by atoms with Gasteiger partial charge in [-0.25, -0.2) is 8.78 Å². The van der Waals surface area contributed by atoms with Crippen molar-refractivity contribution < 1.29 is 13.6 Å². The first-order chi connectivity index (χ1) is 12.0. The summed E-state index contributed by atoms with van der Waals surface area (Å²) in [5, 5.41) is 3.20. The SMILES string of the molecule is O=C(C[C@H]1CC[C@@H](c2ccc(Cl)cc2F)CC1)Nc1ccc(F)cc1. The Kier molecular flexibility index (Phi) is 5.69. The molecular weight excluding hydrogens is 344 g/mol. The van der Waals surface area contributed by atoms with E-state index in [1.165, 1.54) is 18.2 Å². The second-order valence-corrected chi connectivity index (χ2v) is 7.08. The van der Waals surface area contributed by atoms with Crippen molar-refractivity contribution in [3.63, 3.8) is 0 Å². The highest BCUT2D eigenvalue weighted by molar-refractivity contribution is 6.30. The van der Waals surface area contributed by atoms with Crippen molar-refractivity contribution in [2.75, 3.05) is 5.32 Å². The van der Waals surface area contributed by atoms with Crippen LogP contribution in [0.5, 0.6) is 0 Å². The minimum Gasteiger partial charge on any atom is -0.326 e. The first-order valence-corrected chi connectivity index (χ1v) is 8.89. The summed E-state index contributed by atoms with van der Waals surface area (Å²) in [6.45, 7) is 0. The Morgan fingerprint density at radius 1 is 1.04 bits per heavy atom. The molecule has 0 bridgehead atoms. The van der Waals surface area contributed by atoms with Crippen LogP contribution >= 0.6 is 11.6 Å². The number of hydrogen-bond donors (Lipinski definition) is 1. The average molecular weight is 364 g/mol. The van der Waals surface area contributed by atoms with Crippen LogP contribution in [0.3, 0.4) is 0 Å². The molecule has 2 nitrogen and oxygen atoms in total. The maximum atomic E-state index is 14.0. The molecule has 1 saturated carbocycles. The molecule has 2 aromatic carbocycles. The molecule has 0 radical (unpaired) electrons. The lowest BCUT2D eigenvalue weighted by molar-refractivity contribution is -0.117. The monoisotopic (exact) mass is 363 g/mol. The Labute approximate surface area is 151 Å². The highest BCUT2D eigenvalue weighted by atomic mass is 35.5. The zero-order valence-electron chi connectivity index (χ0n) is 13.8. The smallest absolute Gasteiger partial charge is 0.224 e. The molecule has 5 heteroatoms. The van der Waals surface area contributed by atoms with Gasteiger partial charge in [0.1, 0.15) is 11.6 Å². The fourth-order valence-electron chi connectivity index (χ4n) is 3.52. The fraction of sp³-hybridized carbons (Fsp3) is 0.350. The summed E-state index contributed by atoms with van der Waals surface area (Å²) in [5.74, 6) is -0.149. The summed E-state index contributed by atoms with van der Waals surface area (Å²) in [6.07, 6.45) is 3.96. The number of carbonyl (C=O) groups is 1. The van der Waals surface area contributed by atoms with E-state index in [0.717, 1.165) is 31.2 Å². The van der Waals surface area contributed by atoms with Gasteiger partial charge in [-0.05, 0) is 79.5 Å². The summed E-state index contributed by atoms with van der Waals surface area (Å²) >= 11 is 5.81. The molecule has 0 saturated heterocycles. The van der Waals surface area contributed by atoms with Crippen LogP contribution in [-0.4, -0.2) is 5.91 Å². The lowest BCUT2D eigenvalue weighted by atomic mass is 9.77. The molecule has 2 aromatic rings. The van der Waals surface area contributed by atoms with Crippen LogP contribution in [0.2, 0.25) is 5.02 Å². The summed E-state index contributed by atoms with van der Waals surface area (Å²) in [4.78, 5) is 12.1. The number of halogens is 3. The lowest BCUT2D eigenvalue weighted by Crippen LogP contribution is -2.21. The van der Waals surface area contributed by atoms with Gasteiger partial charge in [0.25, 0.3) is 0 Å². The van der Waals surface area contributed by atoms with Crippen LogP contribution in [0.4, 0.5) is 14.5 Å². The largest absolute Gasteiger partial charge is 0.326 e. The van der Waals surface area contributed by atoms with E-state index in [2.05, 4.69) is 5.32 Å². The zero-order valence-corrected chi connectivity index (χ0v) is 14.5. The van der Waals surface area contributed by atoms with E-state index in [0.29, 0.717) is 23.0 Å². The molecule has 0 atom stereocenters. The Bertz CT molecular complexity index is 740. The van der Waals surface area contributed by atoms with Crippen molar-refractivity contribution >= 4 is 23.2 Å². The van der Waals surface area contributed by atoms with Crippen LogP contribution in [0, 0.1) is 17.6 Å². The fourth-order valence-corrected chi connectivity index (χ4v) is 3.68. The lowest BCUT2D eigenvalue weighted by Gasteiger charge is -2.28. The second-order valence-electron chi connectivity index (χ2n) is 6.64. The van der Waals surface area contributed by atoms with E-state index in [-0.39, 0.29) is 23.5 Å². The Morgan fingerprint density at radius 2 is 1.72 bits per heavy atom. The van der Waals surface area contributed by atoms with Crippen molar-refractivity contribution in [1.29, 1.82) is 0 Å². The average Bonchev–Trinajstić information content (AvgIpc) is 2.58. The molecule has 0 unspecified atom stereocenters. The molecule has 1 aliphatic rings. The molecule has 1 fully saturated rings. The van der Waals surface area contributed by atoms with Gasteiger partial charge in [-0.3, -0.25) is 4.79 Å². The Morgan fingerprint density at radius 3 is 2.36 bits per heavy atom. The van der Waals surface area contributed by atoms with Gasteiger partial charge >= 0.3 is 0 Å². The van der Waals surface area contributed by atoms with E-state index < -0.39 is 0 Å². The molecule has 1 N–H and O–H groups in total. The first-order valence-electron chi connectivity index (χ1n) is 8.51. The molecule has 0 spiro atoms. The second kappa shape index (κ2) is 7.96. The summed E-state index contributed by atoms with van der Waals surface area (Å²) in [6, 6.07) is 10.6. The van der Waals surface area contributed by atoms with Gasteiger partial charge in [-0.15, -0.1) is 0 Å². The third-order valence-corrected chi connectivity index (χ3v) is 5.09. The van der Waals surface area contributed by atoms with Gasteiger partial charge in [0.2, 0.25) is 5.91 Å². The van der Waals surface area contributed by atoms with E-state index in [4.69, 9.17) is 11.6 Å². The molecular formula is C20H20ClF2NO. The minimum absolute atomic E-state index is 0.0623. The number of hydrogen-bond acceptors (Lipinski definition) is 1. The van der Waals surface area contributed by atoms with Crippen LogP contribution in [0.25, 0.3) is 0 Å². The number of rotatable bonds is 4. The quantitative estimate of drug-likeness (QED) is 0.717. The Balaban J connectivity index is 1.50. The van der Waals surface area contributed by atoms with Crippen LogP contribution < -0.4 is 5.32 Å². The number of carbonyl (C=O) groups excluding carboxylic acids is 1. The standard InChI is InChI=1S/C20H20ClF2NO/c21-15-5-10-18(19(23)12-15)14-3-1-13(2-4-14)11-20(25)24-17-8-6-16(22)7-9-17/h5-10,12-14H,1-4,11H2,(H,24,25)/t13-,14+. The molecule has 132 valence electrons.